The van der Waals surface area contributed by atoms with Gasteiger partial charge in [0, 0.05) is 52.1 Å². The van der Waals surface area contributed by atoms with Gasteiger partial charge in [0.1, 0.15) is 12.5 Å². The van der Waals surface area contributed by atoms with Crippen molar-refractivity contribution in [3.8, 4) is 5.69 Å². The van der Waals surface area contributed by atoms with Crippen LogP contribution in [-0.2, 0) is 11.5 Å². The minimum atomic E-state index is -0.512. The Bertz CT molecular complexity index is 1670. The third kappa shape index (κ3) is 5.05. The number of hydrogen-bond donors (Lipinski definition) is 1. The summed E-state index contributed by atoms with van der Waals surface area (Å²) < 4.78 is 29.7. The van der Waals surface area contributed by atoms with Crippen LogP contribution < -0.4 is 5.32 Å². The first-order valence-corrected chi connectivity index (χ1v) is 14.1. The van der Waals surface area contributed by atoms with Gasteiger partial charge in [0.2, 0.25) is 0 Å². The highest BCUT2D eigenvalue weighted by Crippen LogP contribution is 2.46. The maximum atomic E-state index is 14.2. The zero-order valence-corrected chi connectivity index (χ0v) is 23.3. The van der Waals surface area contributed by atoms with E-state index in [-0.39, 0.29) is 11.7 Å². The monoisotopic (exact) mass is 556 g/mol. The Kier molecular flexibility index (Phi) is 7.21. The molecule has 6 rings (SSSR count). The van der Waals surface area contributed by atoms with E-state index in [1.807, 2.05) is 44.4 Å². The second-order valence-electron chi connectivity index (χ2n) is 10.4. The molecule has 1 fully saturated rings. The van der Waals surface area contributed by atoms with E-state index in [0.717, 1.165) is 51.6 Å². The molecule has 2 aliphatic heterocycles. The standard InChI is InChI=1S/C32H30F2N4OS/c1-36(2)13-6-14-37-20-25(40-32(37)30-27-17-23(34)11-12-28(27)35-31(30)39)16-22-19-38(29-10-4-3-9-26(22)29)24-8-5-7-21(15-24)18-33/h3-5,7-12,15-17,19H,6,13-14,18,20H2,1-2H3,(H,35,39). The highest BCUT2D eigenvalue weighted by molar-refractivity contribution is 8.07. The molecule has 0 unspecified atom stereocenters. The SMILES string of the molecule is CN(C)CCCN1CC(=Cc2cn(-c3cccc(CF)c3)c3ccccc23)SC1=C1C(=O)Nc2ccc(F)cc21. The van der Waals surface area contributed by atoms with Crippen molar-refractivity contribution in [1.29, 1.82) is 0 Å². The molecule has 204 valence electrons. The van der Waals surface area contributed by atoms with Crippen LogP contribution in [0.4, 0.5) is 14.5 Å². The van der Waals surface area contributed by atoms with E-state index in [2.05, 4.69) is 44.1 Å². The number of anilines is 1. The van der Waals surface area contributed by atoms with Crippen LogP contribution >= 0.6 is 11.8 Å². The van der Waals surface area contributed by atoms with Gasteiger partial charge in [-0.05, 0) is 75.1 Å². The molecule has 0 bridgehead atoms. The first-order chi connectivity index (χ1) is 19.4. The molecule has 0 spiro atoms. The maximum Gasteiger partial charge on any atom is 0.259 e. The molecule has 0 saturated carbocycles. The summed E-state index contributed by atoms with van der Waals surface area (Å²) in [5.74, 6) is -0.567. The second-order valence-corrected chi connectivity index (χ2v) is 11.5. The summed E-state index contributed by atoms with van der Waals surface area (Å²) in [5, 5.41) is 4.85. The molecule has 3 heterocycles. The number of para-hydroxylation sites is 1. The van der Waals surface area contributed by atoms with Crippen molar-refractivity contribution < 1.29 is 13.6 Å². The predicted molar refractivity (Wildman–Crippen MR) is 160 cm³/mol. The van der Waals surface area contributed by atoms with E-state index in [1.54, 1.807) is 23.9 Å². The lowest BCUT2D eigenvalue weighted by Crippen LogP contribution is -2.25. The number of aromatic nitrogens is 1. The zero-order chi connectivity index (χ0) is 27.8. The summed E-state index contributed by atoms with van der Waals surface area (Å²) >= 11 is 1.57. The largest absolute Gasteiger partial charge is 0.361 e. The molecule has 3 aromatic carbocycles. The molecule has 4 aromatic rings. The lowest BCUT2D eigenvalue weighted by molar-refractivity contribution is -0.110. The van der Waals surface area contributed by atoms with Crippen LogP contribution in [0.15, 0.2) is 82.9 Å². The van der Waals surface area contributed by atoms with Gasteiger partial charge in [0.15, 0.2) is 0 Å². The topological polar surface area (TPSA) is 40.5 Å². The number of thioether (sulfide) groups is 1. The maximum absolute atomic E-state index is 14.2. The third-order valence-electron chi connectivity index (χ3n) is 7.24. The fourth-order valence-corrected chi connectivity index (χ4v) is 6.62. The first kappa shape index (κ1) is 26.3. The van der Waals surface area contributed by atoms with Gasteiger partial charge in [-0.1, -0.05) is 42.1 Å². The highest BCUT2D eigenvalue weighted by atomic mass is 32.2. The van der Waals surface area contributed by atoms with Crippen molar-refractivity contribution in [3.63, 3.8) is 0 Å². The summed E-state index contributed by atoms with van der Waals surface area (Å²) in [6.45, 7) is 1.84. The fourth-order valence-electron chi connectivity index (χ4n) is 5.37. The third-order valence-corrected chi connectivity index (χ3v) is 8.40. The summed E-state index contributed by atoms with van der Waals surface area (Å²) in [7, 11) is 4.10. The lowest BCUT2D eigenvalue weighted by atomic mass is 10.1. The molecular weight excluding hydrogens is 526 g/mol. The van der Waals surface area contributed by atoms with Gasteiger partial charge in [-0.15, -0.1) is 0 Å². The van der Waals surface area contributed by atoms with Crippen molar-refractivity contribution in [3.05, 3.63) is 105 Å². The van der Waals surface area contributed by atoms with Crippen LogP contribution in [0.5, 0.6) is 0 Å². The predicted octanol–water partition coefficient (Wildman–Crippen LogP) is 6.90. The fraction of sp³-hybridized carbons (Fsp3) is 0.219. The number of alkyl halides is 1. The number of carbonyl (C=O) groups excluding carboxylic acids is 1. The molecule has 1 amide bonds. The van der Waals surface area contributed by atoms with Crippen LogP contribution in [0.1, 0.15) is 23.1 Å². The number of fused-ring (bicyclic) bond motifs is 2. The molecule has 40 heavy (non-hydrogen) atoms. The highest BCUT2D eigenvalue weighted by Gasteiger charge is 2.34. The Morgan fingerprint density at radius 1 is 1.07 bits per heavy atom. The number of hydrogen-bond acceptors (Lipinski definition) is 4. The van der Waals surface area contributed by atoms with Crippen molar-refractivity contribution in [2.24, 2.45) is 0 Å². The van der Waals surface area contributed by atoms with Gasteiger partial charge in [0.25, 0.3) is 5.91 Å². The normalized spacial score (nSPS) is 17.9. The Morgan fingerprint density at radius 3 is 2.75 bits per heavy atom. The summed E-state index contributed by atoms with van der Waals surface area (Å²) in [6, 6.07) is 20.1. The van der Waals surface area contributed by atoms with E-state index >= 15 is 0 Å². The van der Waals surface area contributed by atoms with Gasteiger partial charge in [0.05, 0.1) is 16.1 Å². The number of nitrogens with one attached hydrogen (secondary N) is 1. The molecular formula is C32H30F2N4OS. The molecule has 5 nitrogen and oxygen atoms in total. The summed E-state index contributed by atoms with van der Waals surface area (Å²) in [4.78, 5) is 18.6. The minimum absolute atomic E-state index is 0.202. The van der Waals surface area contributed by atoms with Crippen molar-refractivity contribution in [1.82, 2.24) is 14.4 Å². The molecule has 0 aliphatic carbocycles. The van der Waals surface area contributed by atoms with E-state index in [4.69, 9.17) is 0 Å². The molecule has 0 atom stereocenters. The van der Waals surface area contributed by atoms with E-state index in [0.29, 0.717) is 28.9 Å². The molecule has 1 N–H and O–H groups in total. The van der Waals surface area contributed by atoms with Gasteiger partial charge >= 0.3 is 0 Å². The van der Waals surface area contributed by atoms with Crippen LogP contribution in [0.3, 0.4) is 0 Å². The zero-order valence-electron chi connectivity index (χ0n) is 22.5. The van der Waals surface area contributed by atoms with Crippen LogP contribution in [-0.4, -0.2) is 54.0 Å². The first-order valence-electron chi connectivity index (χ1n) is 13.3. The number of amides is 1. The Labute approximate surface area is 236 Å². The summed E-state index contributed by atoms with van der Waals surface area (Å²) in [6.07, 6.45) is 5.19. The van der Waals surface area contributed by atoms with E-state index in [1.165, 1.54) is 12.1 Å². The Hall–Kier alpha value is -3.88. The van der Waals surface area contributed by atoms with Crippen LogP contribution in [0.25, 0.3) is 28.2 Å². The summed E-state index contributed by atoms with van der Waals surface area (Å²) in [5.41, 5.74) is 5.40. The Morgan fingerprint density at radius 2 is 1.93 bits per heavy atom. The van der Waals surface area contributed by atoms with Gasteiger partial charge < -0.3 is 19.7 Å². The second kappa shape index (κ2) is 10.9. The average Bonchev–Trinajstić information content (AvgIpc) is 3.61. The van der Waals surface area contributed by atoms with Crippen LogP contribution in [0, 0.1) is 5.82 Å². The van der Waals surface area contributed by atoms with Gasteiger partial charge in [-0.3, -0.25) is 4.79 Å². The van der Waals surface area contributed by atoms with Crippen molar-refractivity contribution in [2.75, 3.05) is 39.0 Å². The number of carbonyl (C=O) groups is 1. The average molecular weight is 557 g/mol. The van der Waals surface area contributed by atoms with Crippen molar-refractivity contribution >= 4 is 45.9 Å². The lowest BCUT2D eigenvalue weighted by Gasteiger charge is -2.21. The quantitative estimate of drug-likeness (QED) is 0.252. The number of halogens is 2. The molecule has 8 heteroatoms. The smallest absolute Gasteiger partial charge is 0.259 e. The Balaban J connectivity index is 1.42. The molecule has 1 saturated heterocycles. The molecule has 0 radical (unpaired) electrons. The number of nitrogens with zero attached hydrogens (tertiary/aromatic N) is 3. The molecule has 2 aliphatic rings. The number of rotatable bonds is 7. The van der Waals surface area contributed by atoms with E-state index < -0.39 is 6.67 Å². The minimum Gasteiger partial charge on any atom is -0.361 e. The van der Waals surface area contributed by atoms with Crippen molar-refractivity contribution in [2.45, 2.75) is 13.1 Å². The van der Waals surface area contributed by atoms with Gasteiger partial charge in [-0.2, -0.15) is 0 Å². The van der Waals surface area contributed by atoms with Crippen LogP contribution in [0.2, 0.25) is 0 Å². The molecule has 1 aromatic heterocycles. The van der Waals surface area contributed by atoms with E-state index in [9.17, 15) is 13.6 Å². The van der Waals surface area contributed by atoms with Gasteiger partial charge in [-0.25, -0.2) is 8.78 Å². The number of benzene rings is 3.